The molecule has 0 saturated carbocycles. The molecule has 116 valence electrons. The summed E-state index contributed by atoms with van der Waals surface area (Å²) >= 11 is 0. The predicted octanol–water partition coefficient (Wildman–Crippen LogP) is 4.04. The SMILES string of the molecule is N#Cc1ccc(-c2cccc(-c3nc4ccc(C#N)cc4[nH]3)n2)cc1. The van der Waals surface area contributed by atoms with Gasteiger partial charge in [-0.1, -0.05) is 18.2 Å². The van der Waals surface area contributed by atoms with Crippen LogP contribution in [-0.2, 0) is 0 Å². The summed E-state index contributed by atoms with van der Waals surface area (Å²) in [5.41, 5.74) is 5.26. The van der Waals surface area contributed by atoms with E-state index in [4.69, 9.17) is 10.5 Å². The van der Waals surface area contributed by atoms with E-state index in [1.54, 1.807) is 24.3 Å². The quantitative estimate of drug-likeness (QED) is 0.603. The van der Waals surface area contributed by atoms with Crippen LogP contribution in [0.25, 0.3) is 33.8 Å². The molecule has 5 nitrogen and oxygen atoms in total. The minimum Gasteiger partial charge on any atom is -0.337 e. The van der Waals surface area contributed by atoms with Crippen LogP contribution in [0.15, 0.2) is 60.7 Å². The first-order valence-electron chi connectivity index (χ1n) is 7.65. The maximum atomic E-state index is 9.00. The Balaban J connectivity index is 1.76. The number of rotatable bonds is 2. The lowest BCUT2D eigenvalue weighted by Crippen LogP contribution is -1.89. The van der Waals surface area contributed by atoms with Gasteiger partial charge in [-0.05, 0) is 42.5 Å². The summed E-state index contributed by atoms with van der Waals surface area (Å²) in [4.78, 5) is 12.4. The summed E-state index contributed by atoms with van der Waals surface area (Å²) in [6.45, 7) is 0. The third kappa shape index (κ3) is 2.71. The number of imidazole rings is 1. The van der Waals surface area contributed by atoms with E-state index in [0.29, 0.717) is 17.0 Å². The number of hydrogen-bond donors (Lipinski definition) is 1. The number of nitriles is 2. The molecule has 0 bridgehead atoms. The Morgan fingerprint density at radius 3 is 2.24 bits per heavy atom. The maximum Gasteiger partial charge on any atom is 0.157 e. The number of nitrogens with one attached hydrogen (secondary N) is 1. The van der Waals surface area contributed by atoms with Crippen molar-refractivity contribution in [3.05, 3.63) is 71.8 Å². The zero-order valence-electron chi connectivity index (χ0n) is 13.1. The first kappa shape index (κ1) is 14.6. The summed E-state index contributed by atoms with van der Waals surface area (Å²) in [6.07, 6.45) is 0. The smallest absolute Gasteiger partial charge is 0.157 e. The standard InChI is InChI=1S/C20H11N5/c21-11-13-4-7-15(8-5-13)16-2-1-3-18(23-16)20-24-17-9-6-14(12-22)10-19(17)25-20/h1-10H,(H,24,25). The van der Waals surface area contributed by atoms with Gasteiger partial charge < -0.3 is 4.98 Å². The lowest BCUT2D eigenvalue weighted by Gasteiger charge is -2.03. The number of nitrogens with zero attached hydrogens (tertiary/aromatic N) is 4. The molecule has 5 heteroatoms. The second-order valence-electron chi connectivity index (χ2n) is 5.53. The topological polar surface area (TPSA) is 89.1 Å². The molecule has 2 heterocycles. The second-order valence-corrected chi connectivity index (χ2v) is 5.53. The number of benzene rings is 2. The van der Waals surface area contributed by atoms with Gasteiger partial charge in [-0.3, -0.25) is 0 Å². The molecular weight excluding hydrogens is 310 g/mol. The van der Waals surface area contributed by atoms with Crippen LogP contribution in [0.1, 0.15) is 11.1 Å². The number of aromatic nitrogens is 3. The molecule has 25 heavy (non-hydrogen) atoms. The van der Waals surface area contributed by atoms with E-state index in [1.165, 1.54) is 0 Å². The van der Waals surface area contributed by atoms with Crippen molar-refractivity contribution in [1.82, 2.24) is 15.0 Å². The fraction of sp³-hybridized carbons (Fsp3) is 0. The second kappa shape index (κ2) is 5.92. The lowest BCUT2D eigenvalue weighted by molar-refractivity contribution is 1.24. The molecular formula is C20H11N5. The van der Waals surface area contributed by atoms with Crippen molar-refractivity contribution >= 4 is 11.0 Å². The Labute approximate surface area is 143 Å². The molecule has 0 aliphatic rings. The molecule has 0 amide bonds. The molecule has 1 N–H and O–H groups in total. The highest BCUT2D eigenvalue weighted by Crippen LogP contribution is 2.23. The highest BCUT2D eigenvalue weighted by Gasteiger charge is 2.09. The van der Waals surface area contributed by atoms with Crippen LogP contribution in [0.4, 0.5) is 0 Å². The molecule has 2 aromatic carbocycles. The molecule has 0 atom stereocenters. The first-order chi connectivity index (χ1) is 12.3. The van der Waals surface area contributed by atoms with Gasteiger partial charge in [0.05, 0.1) is 40.0 Å². The molecule has 0 spiro atoms. The Hall–Kier alpha value is -3.96. The summed E-state index contributed by atoms with van der Waals surface area (Å²) in [7, 11) is 0. The van der Waals surface area contributed by atoms with Gasteiger partial charge in [0.2, 0.25) is 0 Å². The number of fused-ring (bicyclic) bond motifs is 1. The molecule has 0 radical (unpaired) electrons. The van der Waals surface area contributed by atoms with Crippen molar-refractivity contribution in [1.29, 1.82) is 10.5 Å². The third-order valence-electron chi connectivity index (χ3n) is 3.91. The molecule has 4 rings (SSSR count). The van der Waals surface area contributed by atoms with Crippen LogP contribution < -0.4 is 0 Å². The van der Waals surface area contributed by atoms with E-state index in [1.807, 2.05) is 36.4 Å². The van der Waals surface area contributed by atoms with E-state index in [0.717, 1.165) is 28.0 Å². The van der Waals surface area contributed by atoms with Crippen LogP contribution in [0.5, 0.6) is 0 Å². The molecule has 2 aromatic heterocycles. The van der Waals surface area contributed by atoms with Crippen molar-refractivity contribution in [3.63, 3.8) is 0 Å². The van der Waals surface area contributed by atoms with Gasteiger partial charge in [0.25, 0.3) is 0 Å². The summed E-state index contributed by atoms with van der Waals surface area (Å²) in [6, 6.07) is 22.6. The molecule has 0 aliphatic heterocycles. The monoisotopic (exact) mass is 321 g/mol. The van der Waals surface area contributed by atoms with Crippen molar-refractivity contribution in [2.24, 2.45) is 0 Å². The van der Waals surface area contributed by atoms with Crippen molar-refractivity contribution in [2.45, 2.75) is 0 Å². The third-order valence-corrected chi connectivity index (χ3v) is 3.91. The van der Waals surface area contributed by atoms with Crippen molar-refractivity contribution in [3.8, 4) is 34.9 Å². The highest BCUT2D eigenvalue weighted by atomic mass is 14.9. The van der Waals surface area contributed by atoms with Gasteiger partial charge in [-0.2, -0.15) is 10.5 Å². The van der Waals surface area contributed by atoms with Crippen LogP contribution in [0, 0.1) is 22.7 Å². The Morgan fingerprint density at radius 2 is 1.48 bits per heavy atom. The predicted molar refractivity (Wildman–Crippen MR) is 94.2 cm³/mol. The summed E-state index contributed by atoms with van der Waals surface area (Å²) in [5.74, 6) is 0.653. The minimum absolute atomic E-state index is 0.585. The minimum atomic E-state index is 0.585. The Morgan fingerprint density at radius 1 is 0.760 bits per heavy atom. The van der Waals surface area contributed by atoms with Gasteiger partial charge in [0, 0.05) is 5.56 Å². The van der Waals surface area contributed by atoms with Gasteiger partial charge in [-0.15, -0.1) is 0 Å². The molecule has 0 unspecified atom stereocenters. The van der Waals surface area contributed by atoms with E-state index >= 15 is 0 Å². The van der Waals surface area contributed by atoms with Gasteiger partial charge in [0.1, 0.15) is 5.69 Å². The molecule has 0 aliphatic carbocycles. The number of hydrogen-bond acceptors (Lipinski definition) is 4. The first-order valence-corrected chi connectivity index (χ1v) is 7.65. The summed E-state index contributed by atoms with van der Waals surface area (Å²) in [5, 5.41) is 17.9. The number of aromatic amines is 1. The number of H-pyrrole nitrogens is 1. The van der Waals surface area contributed by atoms with E-state index in [-0.39, 0.29) is 0 Å². The fourth-order valence-electron chi connectivity index (χ4n) is 2.64. The maximum absolute atomic E-state index is 9.00. The molecule has 4 aromatic rings. The van der Waals surface area contributed by atoms with Gasteiger partial charge in [-0.25, -0.2) is 9.97 Å². The average Bonchev–Trinajstić information content (AvgIpc) is 3.11. The molecule has 0 saturated heterocycles. The van der Waals surface area contributed by atoms with Gasteiger partial charge in [0.15, 0.2) is 5.82 Å². The largest absolute Gasteiger partial charge is 0.337 e. The van der Waals surface area contributed by atoms with Crippen LogP contribution in [0.2, 0.25) is 0 Å². The summed E-state index contributed by atoms with van der Waals surface area (Å²) < 4.78 is 0. The fourth-order valence-corrected chi connectivity index (χ4v) is 2.64. The average molecular weight is 321 g/mol. The lowest BCUT2D eigenvalue weighted by atomic mass is 10.1. The number of pyridine rings is 1. The molecule has 0 fully saturated rings. The van der Waals surface area contributed by atoms with E-state index in [9.17, 15) is 0 Å². The van der Waals surface area contributed by atoms with E-state index in [2.05, 4.69) is 27.1 Å². The van der Waals surface area contributed by atoms with Crippen molar-refractivity contribution < 1.29 is 0 Å². The highest BCUT2D eigenvalue weighted by molar-refractivity contribution is 5.80. The Kier molecular flexibility index (Phi) is 3.46. The van der Waals surface area contributed by atoms with Gasteiger partial charge >= 0.3 is 0 Å². The zero-order valence-corrected chi connectivity index (χ0v) is 13.1. The van der Waals surface area contributed by atoms with Crippen LogP contribution in [0.3, 0.4) is 0 Å². The Bertz CT molecular complexity index is 1160. The van der Waals surface area contributed by atoms with E-state index < -0.39 is 0 Å². The van der Waals surface area contributed by atoms with Crippen molar-refractivity contribution in [2.75, 3.05) is 0 Å². The zero-order chi connectivity index (χ0) is 17.2. The van der Waals surface area contributed by atoms with Crippen LogP contribution in [-0.4, -0.2) is 15.0 Å². The normalized spacial score (nSPS) is 10.3. The van der Waals surface area contributed by atoms with Crippen LogP contribution >= 0.6 is 0 Å².